The molecule has 1 N–H and O–H groups in total. The lowest BCUT2D eigenvalue weighted by molar-refractivity contribution is -0.133. The first-order chi connectivity index (χ1) is 11.2. The number of aryl methyl sites for hydroxylation is 1. The zero-order valence-corrected chi connectivity index (χ0v) is 14.6. The van der Waals surface area contributed by atoms with Crippen LogP contribution in [-0.2, 0) is 9.53 Å². The molecule has 0 spiro atoms. The van der Waals surface area contributed by atoms with Crippen LogP contribution in [0.25, 0.3) is 0 Å². The average molecular weight is 334 g/mol. The standard InChI is InChI=1S/C18H26N2O2S/c1-14-4-2-3-5-17(14)23-16-6-9-20(10-7-16)18(21)12-15-13-22-11-8-19-15/h2-5,15-16,19H,6-13H2,1H3/t15-/m1/s1. The monoisotopic (exact) mass is 334 g/mol. The van der Waals surface area contributed by atoms with Gasteiger partial charge >= 0.3 is 0 Å². The smallest absolute Gasteiger partial charge is 0.224 e. The normalized spacial score (nSPS) is 23.0. The van der Waals surface area contributed by atoms with Crippen LogP contribution in [0.2, 0.25) is 0 Å². The van der Waals surface area contributed by atoms with E-state index in [9.17, 15) is 4.79 Å². The van der Waals surface area contributed by atoms with Crippen LogP contribution in [0.3, 0.4) is 0 Å². The number of amides is 1. The fraction of sp³-hybridized carbons (Fsp3) is 0.611. The highest BCUT2D eigenvalue weighted by Gasteiger charge is 2.26. The third-order valence-electron chi connectivity index (χ3n) is 4.60. The minimum Gasteiger partial charge on any atom is -0.378 e. The molecule has 2 fully saturated rings. The molecule has 2 saturated heterocycles. The van der Waals surface area contributed by atoms with Gasteiger partial charge < -0.3 is 15.0 Å². The molecule has 126 valence electrons. The Hall–Kier alpha value is -1.04. The first kappa shape index (κ1) is 16.8. The highest BCUT2D eigenvalue weighted by atomic mass is 32.2. The van der Waals surface area contributed by atoms with Gasteiger partial charge in [0.15, 0.2) is 0 Å². The summed E-state index contributed by atoms with van der Waals surface area (Å²) in [5.41, 5.74) is 1.35. The summed E-state index contributed by atoms with van der Waals surface area (Å²) >= 11 is 1.97. The van der Waals surface area contributed by atoms with E-state index in [0.717, 1.165) is 39.1 Å². The van der Waals surface area contributed by atoms with Gasteiger partial charge in [0.2, 0.25) is 5.91 Å². The lowest BCUT2D eigenvalue weighted by atomic mass is 10.1. The maximum atomic E-state index is 12.4. The van der Waals surface area contributed by atoms with Gasteiger partial charge in [0, 0.05) is 42.2 Å². The highest BCUT2D eigenvalue weighted by molar-refractivity contribution is 8.00. The van der Waals surface area contributed by atoms with Gasteiger partial charge in [-0.3, -0.25) is 4.79 Å². The van der Waals surface area contributed by atoms with E-state index >= 15 is 0 Å². The number of ether oxygens (including phenoxy) is 1. The number of likely N-dealkylation sites (tertiary alicyclic amines) is 1. The Bertz CT molecular complexity index is 524. The van der Waals surface area contributed by atoms with Crippen molar-refractivity contribution < 1.29 is 9.53 Å². The number of carbonyl (C=O) groups excluding carboxylic acids is 1. The number of benzene rings is 1. The van der Waals surface area contributed by atoms with E-state index in [4.69, 9.17) is 4.74 Å². The lowest BCUT2D eigenvalue weighted by Gasteiger charge is -2.33. The molecule has 1 atom stereocenters. The maximum Gasteiger partial charge on any atom is 0.224 e. The van der Waals surface area contributed by atoms with Crippen molar-refractivity contribution in [3.8, 4) is 0 Å². The molecule has 0 aromatic heterocycles. The minimum atomic E-state index is 0.190. The van der Waals surface area contributed by atoms with Crippen molar-refractivity contribution in [1.82, 2.24) is 10.2 Å². The molecule has 0 aliphatic carbocycles. The Morgan fingerprint density at radius 2 is 2.13 bits per heavy atom. The van der Waals surface area contributed by atoms with Crippen LogP contribution in [0.15, 0.2) is 29.2 Å². The first-order valence-electron chi connectivity index (χ1n) is 8.53. The second kappa shape index (κ2) is 8.18. The minimum absolute atomic E-state index is 0.190. The molecule has 23 heavy (non-hydrogen) atoms. The molecule has 0 radical (unpaired) electrons. The van der Waals surface area contributed by atoms with Crippen molar-refractivity contribution in [1.29, 1.82) is 0 Å². The number of rotatable bonds is 4. The van der Waals surface area contributed by atoms with E-state index in [1.54, 1.807) is 0 Å². The number of nitrogens with one attached hydrogen (secondary N) is 1. The average Bonchev–Trinajstić information content (AvgIpc) is 2.58. The highest BCUT2D eigenvalue weighted by Crippen LogP contribution is 2.32. The van der Waals surface area contributed by atoms with Crippen molar-refractivity contribution in [3.05, 3.63) is 29.8 Å². The predicted octanol–water partition coefficient (Wildman–Crippen LogP) is 2.46. The van der Waals surface area contributed by atoms with E-state index in [2.05, 4.69) is 36.5 Å². The molecule has 0 unspecified atom stereocenters. The van der Waals surface area contributed by atoms with E-state index in [-0.39, 0.29) is 11.9 Å². The summed E-state index contributed by atoms with van der Waals surface area (Å²) in [6.45, 7) is 6.21. The third kappa shape index (κ3) is 4.72. The van der Waals surface area contributed by atoms with Crippen LogP contribution in [-0.4, -0.2) is 54.9 Å². The largest absolute Gasteiger partial charge is 0.378 e. The molecule has 2 heterocycles. The SMILES string of the molecule is Cc1ccccc1SC1CCN(C(=O)C[C@@H]2COCCN2)CC1. The van der Waals surface area contributed by atoms with Crippen LogP contribution in [0.1, 0.15) is 24.8 Å². The summed E-state index contributed by atoms with van der Waals surface area (Å²) in [4.78, 5) is 15.8. The lowest BCUT2D eigenvalue weighted by Crippen LogP contribution is -2.46. The summed E-state index contributed by atoms with van der Waals surface area (Å²) in [6, 6.07) is 8.75. The molecule has 0 saturated carbocycles. The zero-order chi connectivity index (χ0) is 16.1. The molecule has 2 aliphatic rings. The van der Waals surface area contributed by atoms with Gasteiger partial charge in [0.25, 0.3) is 0 Å². The van der Waals surface area contributed by atoms with Gasteiger partial charge in [0.1, 0.15) is 0 Å². The predicted molar refractivity (Wildman–Crippen MR) is 93.9 cm³/mol. The van der Waals surface area contributed by atoms with Gasteiger partial charge in [-0.2, -0.15) is 0 Å². The van der Waals surface area contributed by atoms with Crippen LogP contribution in [0.4, 0.5) is 0 Å². The Balaban J connectivity index is 1.44. The number of hydrogen-bond donors (Lipinski definition) is 1. The van der Waals surface area contributed by atoms with Gasteiger partial charge in [-0.25, -0.2) is 0 Å². The Labute approximate surface area is 143 Å². The van der Waals surface area contributed by atoms with Crippen molar-refractivity contribution in [2.24, 2.45) is 0 Å². The maximum absolute atomic E-state index is 12.4. The summed E-state index contributed by atoms with van der Waals surface area (Å²) in [5, 5.41) is 3.98. The molecule has 2 aliphatic heterocycles. The van der Waals surface area contributed by atoms with E-state index in [0.29, 0.717) is 18.3 Å². The first-order valence-corrected chi connectivity index (χ1v) is 9.41. The fourth-order valence-electron chi connectivity index (χ4n) is 3.18. The van der Waals surface area contributed by atoms with Crippen LogP contribution in [0.5, 0.6) is 0 Å². The van der Waals surface area contributed by atoms with Gasteiger partial charge in [-0.05, 0) is 31.4 Å². The fourth-order valence-corrected chi connectivity index (χ4v) is 4.40. The summed E-state index contributed by atoms with van der Waals surface area (Å²) < 4.78 is 5.43. The topological polar surface area (TPSA) is 41.6 Å². The van der Waals surface area contributed by atoms with Crippen LogP contribution in [0, 0.1) is 6.92 Å². The quantitative estimate of drug-likeness (QED) is 0.918. The molecule has 1 amide bonds. The Morgan fingerprint density at radius 1 is 1.35 bits per heavy atom. The molecule has 5 heteroatoms. The zero-order valence-electron chi connectivity index (χ0n) is 13.8. The van der Waals surface area contributed by atoms with Gasteiger partial charge in [0.05, 0.1) is 13.2 Å². The van der Waals surface area contributed by atoms with Crippen LogP contribution < -0.4 is 5.32 Å². The second-order valence-corrected chi connectivity index (χ2v) is 7.74. The number of nitrogens with zero attached hydrogens (tertiary/aromatic N) is 1. The van der Waals surface area contributed by atoms with E-state index < -0.39 is 0 Å². The summed E-state index contributed by atoms with van der Waals surface area (Å²) in [5.74, 6) is 0.271. The Kier molecular flexibility index (Phi) is 5.97. The summed E-state index contributed by atoms with van der Waals surface area (Å²) in [6.07, 6.45) is 2.73. The van der Waals surface area contributed by atoms with Crippen LogP contribution >= 0.6 is 11.8 Å². The number of piperidine rings is 1. The summed E-state index contributed by atoms with van der Waals surface area (Å²) in [7, 11) is 0. The molecule has 3 rings (SSSR count). The number of morpholine rings is 1. The number of carbonyl (C=O) groups is 1. The number of thioether (sulfide) groups is 1. The van der Waals surface area contributed by atoms with E-state index in [1.807, 2.05) is 16.7 Å². The number of hydrogen-bond acceptors (Lipinski definition) is 4. The third-order valence-corrected chi connectivity index (χ3v) is 6.12. The molecule has 0 bridgehead atoms. The van der Waals surface area contributed by atoms with Crippen molar-refractivity contribution in [2.75, 3.05) is 32.8 Å². The molecular formula is C18H26N2O2S. The molecule has 1 aromatic rings. The van der Waals surface area contributed by atoms with Crippen molar-refractivity contribution in [3.63, 3.8) is 0 Å². The Morgan fingerprint density at radius 3 is 2.83 bits per heavy atom. The van der Waals surface area contributed by atoms with Gasteiger partial charge in [-0.15, -0.1) is 11.8 Å². The van der Waals surface area contributed by atoms with Crippen molar-refractivity contribution >= 4 is 17.7 Å². The molecule has 4 nitrogen and oxygen atoms in total. The van der Waals surface area contributed by atoms with Gasteiger partial charge in [-0.1, -0.05) is 18.2 Å². The second-order valence-electron chi connectivity index (χ2n) is 6.39. The van der Waals surface area contributed by atoms with E-state index in [1.165, 1.54) is 10.5 Å². The van der Waals surface area contributed by atoms with Crippen molar-refractivity contribution in [2.45, 2.75) is 42.4 Å². The molecular weight excluding hydrogens is 308 g/mol. The molecule has 1 aromatic carbocycles.